The molecule has 2 atom stereocenters. The van der Waals surface area contributed by atoms with Crippen molar-refractivity contribution in [3.8, 4) is 0 Å². The molecule has 5 nitrogen and oxygen atoms in total. The zero-order valence-corrected chi connectivity index (χ0v) is 13.6. The average molecular weight is 312 g/mol. The average Bonchev–Trinajstić information content (AvgIpc) is 2.89. The summed E-state index contributed by atoms with van der Waals surface area (Å²) in [6.45, 7) is 5.45. The van der Waals surface area contributed by atoms with Gasteiger partial charge in [-0.15, -0.1) is 11.3 Å². The zero-order chi connectivity index (χ0) is 15.8. The van der Waals surface area contributed by atoms with Gasteiger partial charge in [0.1, 0.15) is 0 Å². The van der Waals surface area contributed by atoms with E-state index in [2.05, 4.69) is 10.6 Å². The molecule has 0 aliphatic carbocycles. The van der Waals surface area contributed by atoms with Gasteiger partial charge in [0.25, 0.3) is 0 Å². The minimum absolute atomic E-state index is 0.0757. The summed E-state index contributed by atoms with van der Waals surface area (Å²) in [5, 5.41) is 16.8. The summed E-state index contributed by atoms with van der Waals surface area (Å²) in [5.41, 5.74) is 0. The van der Waals surface area contributed by atoms with Crippen molar-refractivity contribution in [3.05, 3.63) is 22.4 Å². The Balaban J connectivity index is 2.61. The van der Waals surface area contributed by atoms with Gasteiger partial charge in [0, 0.05) is 11.8 Å². The number of aliphatic hydroxyl groups excluding tert-OH is 1. The molecule has 0 aliphatic heterocycles. The number of nitrogens with one attached hydrogen (secondary N) is 2. The standard InChI is InChI=1S/C15H24N2O3S/c1-10(2)7-12(9-18)17-15(20)8-13(16-11(3)19)14-5-4-6-21-14/h4-6,10,12-13,18H,7-9H2,1-3H3,(H,16,19)(H,17,20). The first-order valence-electron chi connectivity index (χ1n) is 7.13. The fourth-order valence-electron chi connectivity index (χ4n) is 2.18. The van der Waals surface area contributed by atoms with Crippen LogP contribution in [-0.4, -0.2) is 29.6 Å². The van der Waals surface area contributed by atoms with Gasteiger partial charge in [0.05, 0.1) is 25.1 Å². The SMILES string of the molecule is CC(=O)NC(CC(=O)NC(CO)CC(C)C)c1cccs1. The van der Waals surface area contributed by atoms with Crippen molar-refractivity contribution in [1.29, 1.82) is 0 Å². The minimum Gasteiger partial charge on any atom is -0.394 e. The number of amides is 2. The molecule has 0 saturated heterocycles. The van der Waals surface area contributed by atoms with Crippen molar-refractivity contribution in [1.82, 2.24) is 10.6 Å². The number of hydrogen-bond acceptors (Lipinski definition) is 4. The number of rotatable bonds is 8. The molecule has 1 rings (SSSR count). The Labute approximate surface area is 129 Å². The van der Waals surface area contributed by atoms with Gasteiger partial charge in [-0.1, -0.05) is 19.9 Å². The van der Waals surface area contributed by atoms with E-state index in [4.69, 9.17) is 0 Å². The fourth-order valence-corrected chi connectivity index (χ4v) is 2.96. The van der Waals surface area contributed by atoms with Crippen molar-refractivity contribution in [2.45, 2.75) is 45.7 Å². The van der Waals surface area contributed by atoms with Gasteiger partial charge in [0.2, 0.25) is 11.8 Å². The van der Waals surface area contributed by atoms with Crippen molar-refractivity contribution >= 4 is 23.2 Å². The quantitative estimate of drug-likeness (QED) is 0.685. The Morgan fingerprint density at radius 1 is 1.33 bits per heavy atom. The first kappa shape index (κ1) is 17.7. The molecule has 0 saturated carbocycles. The largest absolute Gasteiger partial charge is 0.394 e. The number of carbonyl (C=O) groups excluding carboxylic acids is 2. The van der Waals surface area contributed by atoms with Crippen molar-refractivity contribution in [3.63, 3.8) is 0 Å². The van der Waals surface area contributed by atoms with Crippen molar-refractivity contribution < 1.29 is 14.7 Å². The second kappa shape index (κ2) is 8.79. The molecule has 1 aromatic rings. The van der Waals surface area contributed by atoms with Crippen LogP contribution in [0.1, 0.15) is 44.5 Å². The van der Waals surface area contributed by atoms with E-state index in [1.807, 2.05) is 31.4 Å². The van der Waals surface area contributed by atoms with Gasteiger partial charge in [-0.05, 0) is 23.8 Å². The summed E-state index contributed by atoms with van der Waals surface area (Å²) in [5.74, 6) is 0.0647. The second-order valence-electron chi connectivity index (χ2n) is 5.55. The van der Waals surface area contributed by atoms with Crippen LogP contribution in [0.5, 0.6) is 0 Å². The maximum Gasteiger partial charge on any atom is 0.222 e. The molecular formula is C15H24N2O3S. The van der Waals surface area contributed by atoms with Gasteiger partial charge < -0.3 is 15.7 Å². The molecule has 0 aromatic carbocycles. The summed E-state index contributed by atoms with van der Waals surface area (Å²) in [7, 11) is 0. The van der Waals surface area contributed by atoms with Crippen LogP contribution in [-0.2, 0) is 9.59 Å². The summed E-state index contributed by atoms with van der Waals surface area (Å²) in [6, 6.07) is 3.23. The Bertz CT molecular complexity index is 446. The Morgan fingerprint density at radius 3 is 2.52 bits per heavy atom. The Morgan fingerprint density at radius 2 is 2.05 bits per heavy atom. The maximum atomic E-state index is 12.1. The Hall–Kier alpha value is -1.40. The summed E-state index contributed by atoms with van der Waals surface area (Å²) < 4.78 is 0. The third-order valence-electron chi connectivity index (χ3n) is 3.00. The van der Waals surface area contributed by atoms with Gasteiger partial charge in [-0.3, -0.25) is 9.59 Å². The number of carbonyl (C=O) groups is 2. The number of hydrogen-bond donors (Lipinski definition) is 3. The molecule has 3 N–H and O–H groups in total. The zero-order valence-electron chi connectivity index (χ0n) is 12.8. The second-order valence-corrected chi connectivity index (χ2v) is 6.53. The molecule has 21 heavy (non-hydrogen) atoms. The van der Waals surface area contributed by atoms with E-state index in [1.54, 1.807) is 0 Å². The summed E-state index contributed by atoms with van der Waals surface area (Å²) >= 11 is 1.51. The van der Waals surface area contributed by atoms with Crippen LogP contribution in [0, 0.1) is 5.92 Å². The molecular weight excluding hydrogens is 288 g/mol. The first-order valence-corrected chi connectivity index (χ1v) is 8.01. The third kappa shape index (κ3) is 6.73. The van der Waals surface area contributed by atoms with E-state index in [9.17, 15) is 14.7 Å². The highest BCUT2D eigenvalue weighted by molar-refractivity contribution is 7.10. The normalized spacial score (nSPS) is 13.8. The first-order chi connectivity index (χ1) is 9.92. The highest BCUT2D eigenvalue weighted by Gasteiger charge is 2.20. The van der Waals surface area contributed by atoms with Crippen LogP contribution in [0.2, 0.25) is 0 Å². The number of aliphatic hydroxyl groups is 1. The molecule has 6 heteroatoms. The van der Waals surface area contributed by atoms with Gasteiger partial charge >= 0.3 is 0 Å². The molecule has 1 heterocycles. The predicted octanol–water partition coefficient (Wildman–Crippen LogP) is 1.84. The molecule has 0 spiro atoms. The van der Waals surface area contributed by atoms with Crippen molar-refractivity contribution in [2.24, 2.45) is 5.92 Å². The lowest BCUT2D eigenvalue weighted by Crippen LogP contribution is -2.40. The molecule has 0 fully saturated rings. The Kier molecular flexibility index (Phi) is 7.39. The monoisotopic (exact) mass is 312 g/mol. The highest BCUT2D eigenvalue weighted by Crippen LogP contribution is 2.22. The van der Waals surface area contributed by atoms with Gasteiger partial charge in [-0.2, -0.15) is 0 Å². The third-order valence-corrected chi connectivity index (χ3v) is 3.98. The molecule has 2 amide bonds. The van der Waals surface area contributed by atoms with Crippen LogP contribution < -0.4 is 10.6 Å². The molecule has 0 bridgehead atoms. The maximum absolute atomic E-state index is 12.1. The van der Waals surface area contributed by atoms with E-state index in [1.165, 1.54) is 18.3 Å². The van der Waals surface area contributed by atoms with Crippen LogP contribution in [0.25, 0.3) is 0 Å². The van der Waals surface area contributed by atoms with Crippen LogP contribution >= 0.6 is 11.3 Å². The smallest absolute Gasteiger partial charge is 0.222 e. The topological polar surface area (TPSA) is 78.4 Å². The van der Waals surface area contributed by atoms with Gasteiger partial charge in [-0.25, -0.2) is 0 Å². The molecule has 0 aliphatic rings. The molecule has 118 valence electrons. The van der Waals surface area contributed by atoms with E-state index in [0.29, 0.717) is 5.92 Å². The van der Waals surface area contributed by atoms with Crippen LogP contribution in [0.15, 0.2) is 17.5 Å². The summed E-state index contributed by atoms with van der Waals surface area (Å²) in [4.78, 5) is 24.3. The molecule has 1 aromatic heterocycles. The highest BCUT2D eigenvalue weighted by atomic mass is 32.1. The van der Waals surface area contributed by atoms with E-state index in [-0.39, 0.29) is 36.9 Å². The van der Waals surface area contributed by atoms with E-state index < -0.39 is 0 Å². The van der Waals surface area contributed by atoms with E-state index >= 15 is 0 Å². The lowest BCUT2D eigenvalue weighted by atomic mass is 10.0. The van der Waals surface area contributed by atoms with Crippen LogP contribution in [0.3, 0.4) is 0 Å². The fraction of sp³-hybridized carbons (Fsp3) is 0.600. The minimum atomic E-state index is -0.319. The van der Waals surface area contributed by atoms with Crippen LogP contribution in [0.4, 0.5) is 0 Å². The molecule has 0 radical (unpaired) electrons. The summed E-state index contributed by atoms with van der Waals surface area (Å²) in [6.07, 6.45) is 0.904. The van der Waals surface area contributed by atoms with E-state index in [0.717, 1.165) is 11.3 Å². The lowest BCUT2D eigenvalue weighted by Gasteiger charge is -2.21. The predicted molar refractivity (Wildman–Crippen MR) is 84.0 cm³/mol. The van der Waals surface area contributed by atoms with Gasteiger partial charge in [0.15, 0.2) is 0 Å². The number of thiophene rings is 1. The van der Waals surface area contributed by atoms with Crippen molar-refractivity contribution in [2.75, 3.05) is 6.61 Å². The molecule has 2 unspecified atom stereocenters. The lowest BCUT2D eigenvalue weighted by molar-refractivity contribution is -0.123.